The molecule has 0 saturated carbocycles. The van der Waals surface area contributed by atoms with E-state index in [1.165, 1.54) is 11.0 Å². The number of oxazole rings is 1. The number of carbonyl (C=O) groups is 2. The van der Waals surface area contributed by atoms with Crippen LogP contribution < -0.4 is 16.0 Å². The second kappa shape index (κ2) is 7.35. The molecule has 1 fully saturated rings. The van der Waals surface area contributed by atoms with Gasteiger partial charge in [0, 0.05) is 44.1 Å². The summed E-state index contributed by atoms with van der Waals surface area (Å²) < 4.78 is 4.95. The van der Waals surface area contributed by atoms with Gasteiger partial charge in [0.2, 0.25) is 0 Å². The molecule has 1 aliphatic heterocycles. The number of hydrogen-bond donors (Lipinski definition) is 2. The predicted octanol–water partition coefficient (Wildman–Crippen LogP) is 1.46. The number of H-pyrrole nitrogens is 1. The zero-order chi connectivity index (χ0) is 19.7. The minimum atomic E-state index is -0.740. The number of rotatable bonds is 2. The van der Waals surface area contributed by atoms with Gasteiger partial charge in [0.15, 0.2) is 5.58 Å². The monoisotopic (exact) mass is 401 g/mol. The molecule has 3 heterocycles. The fraction of sp³-hybridized carbons (Fsp3) is 0.222. The Hall–Kier alpha value is -3.33. The van der Waals surface area contributed by atoms with Crippen LogP contribution in [0.1, 0.15) is 0 Å². The van der Waals surface area contributed by atoms with Crippen molar-refractivity contribution in [1.82, 2.24) is 14.9 Å². The molecule has 1 saturated heterocycles. The van der Waals surface area contributed by atoms with E-state index in [9.17, 15) is 14.4 Å². The fourth-order valence-electron chi connectivity index (χ4n) is 3.05. The molecule has 2 amide bonds. The molecule has 0 spiro atoms. The third-order valence-corrected chi connectivity index (χ3v) is 4.70. The van der Waals surface area contributed by atoms with Crippen LogP contribution in [0.2, 0.25) is 5.02 Å². The summed E-state index contributed by atoms with van der Waals surface area (Å²) in [6, 6.07) is 8.25. The number of halogens is 1. The largest absolute Gasteiger partial charge is 0.417 e. The van der Waals surface area contributed by atoms with E-state index in [-0.39, 0.29) is 0 Å². The van der Waals surface area contributed by atoms with Gasteiger partial charge in [0.05, 0.1) is 10.5 Å². The normalized spacial score (nSPS) is 14.3. The number of aromatic amines is 1. The molecule has 3 aromatic rings. The average Bonchev–Trinajstić information content (AvgIpc) is 3.07. The smallest absolute Gasteiger partial charge is 0.408 e. The number of nitrogens with one attached hydrogen (secondary N) is 2. The van der Waals surface area contributed by atoms with Gasteiger partial charge in [-0.05, 0) is 24.3 Å². The quantitative estimate of drug-likeness (QED) is 0.629. The molecule has 9 nitrogen and oxygen atoms in total. The fourth-order valence-corrected chi connectivity index (χ4v) is 3.16. The van der Waals surface area contributed by atoms with E-state index in [2.05, 4.69) is 15.3 Å². The Kier molecular flexibility index (Phi) is 4.74. The second-order valence-electron chi connectivity index (χ2n) is 6.29. The Balaban J connectivity index is 1.36. The molecule has 4 rings (SSSR count). The van der Waals surface area contributed by atoms with Gasteiger partial charge < -0.3 is 19.5 Å². The summed E-state index contributed by atoms with van der Waals surface area (Å²) in [7, 11) is 0. The zero-order valence-corrected chi connectivity index (χ0v) is 15.4. The van der Waals surface area contributed by atoms with E-state index in [0.717, 1.165) is 5.82 Å². The molecule has 0 radical (unpaired) electrons. The van der Waals surface area contributed by atoms with Crippen LogP contribution >= 0.6 is 11.6 Å². The van der Waals surface area contributed by atoms with E-state index >= 15 is 0 Å². The summed E-state index contributed by atoms with van der Waals surface area (Å²) in [5, 5.41) is 3.10. The molecule has 0 unspecified atom stereocenters. The van der Waals surface area contributed by atoms with Crippen LogP contribution in [0.4, 0.5) is 11.5 Å². The van der Waals surface area contributed by atoms with E-state index < -0.39 is 17.6 Å². The lowest BCUT2D eigenvalue weighted by Crippen LogP contribution is -2.51. The Bertz CT molecular complexity index is 1080. The Labute approximate surface area is 163 Å². The molecule has 10 heteroatoms. The van der Waals surface area contributed by atoms with Crippen LogP contribution in [0.25, 0.3) is 11.1 Å². The number of hydrogen-bond acceptors (Lipinski definition) is 6. The first-order chi connectivity index (χ1) is 13.5. The van der Waals surface area contributed by atoms with Crippen LogP contribution in [0.5, 0.6) is 0 Å². The lowest BCUT2D eigenvalue weighted by molar-refractivity contribution is -0.143. The molecule has 0 bridgehead atoms. The first-order valence-corrected chi connectivity index (χ1v) is 8.97. The van der Waals surface area contributed by atoms with Gasteiger partial charge in [-0.15, -0.1) is 0 Å². The van der Waals surface area contributed by atoms with E-state index in [1.807, 2.05) is 11.0 Å². The molecular formula is C18H16ClN5O4. The number of pyridine rings is 1. The third kappa shape index (κ3) is 3.70. The van der Waals surface area contributed by atoms with Crippen molar-refractivity contribution in [3.8, 4) is 0 Å². The summed E-state index contributed by atoms with van der Waals surface area (Å²) in [6.45, 7) is 1.94. The molecule has 0 aliphatic carbocycles. The number of aromatic nitrogens is 2. The molecule has 28 heavy (non-hydrogen) atoms. The van der Waals surface area contributed by atoms with Gasteiger partial charge in [-0.2, -0.15) is 0 Å². The van der Waals surface area contributed by atoms with Crippen molar-refractivity contribution in [2.24, 2.45) is 0 Å². The Morgan fingerprint density at radius 3 is 2.64 bits per heavy atom. The van der Waals surface area contributed by atoms with Crippen LogP contribution in [0.3, 0.4) is 0 Å². The lowest BCUT2D eigenvalue weighted by Gasteiger charge is -2.35. The van der Waals surface area contributed by atoms with Crippen LogP contribution in [-0.4, -0.2) is 52.9 Å². The molecular weight excluding hydrogens is 386 g/mol. The van der Waals surface area contributed by atoms with Gasteiger partial charge in [-0.25, -0.2) is 9.78 Å². The molecule has 1 aromatic carbocycles. The van der Waals surface area contributed by atoms with Crippen molar-refractivity contribution in [3.05, 3.63) is 52.1 Å². The van der Waals surface area contributed by atoms with Gasteiger partial charge in [-0.1, -0.05) is 11.6 Å². The minimum Gasteiger partial charge on any atom is -0.408 e. The van der Waals surface area contributed by atoms with E-state index in [0.29, 0.717) is 48.0 Å². The maximum Gasteiger partial charge on any atom is 0.417 e. The topological polar surface area (TPSA) is 112 Å². The van der Waals surface area contributed by atoms with E-state index in [1.54, 1.807) is 24.4 Å². The molecule has 2 aromatic heterocycles. The average molecular weight is 402 g/mol. The Morgan fingerprint density at radius 2 is 1.93 bits per heavy atom. The highest BCUT2D eigenvalue weighted by Gasteiger charge is 2.26. The first kappa shape index (κ1) is 18.1. The maximum absolute atomic E-state index is 12.4. The van der Waals surface area contributed by atoms with Gasteiger partial charge >= 0.3 is 17.6 Å². The molecule has 2 N–H and O–H groups in total. The molecule has 1 aliphatic rings. The number of nitrogens with zero attached hydrogens (tertiary/aromatic N) is 3. The van der Waals surface area contributed by atoms with Crippen molar-refractivity contribution in [2.75, 3.05) is 36.4 Å². The first-order valence-electron chi connectivity index (χ1n) is 8.59. The standard InChI is InChI=1S/C18H16ClN5O4/c19-11-1-4-15(20-10-11)23-5-7-24(8-6-23)17(26)16(25)21-12-2-3-13-14(9-12)28-18(27)22-13/h1-4,9-10H,5-8H2,(H,21,25)(H,22,27). The summed E-state index contributed by atoms with van der Waals surface area (Å²) in [6.07, 6.45) is 1.57. The number of amides is 2. The van der Waals surface area contributed by atoms with Crippen molar-refractivity contribution < 1.29 is 14.0 Å². The highest BCUT2D eigenvalue weighted by Crippen LogP contribution is 2.18. The Morgan fingerprint density at radius 1 is 1.14 bits per heavy atom. The number of anilines is 2. The predicted molar refractivity (Wildman–Crippen MR) is 104 cm³/mol. The number of fused-ring (bicyclic) bond motifs is 1. The SMILES string of the molecule is O=C(Nc1ccc2[nH]c(=O)oc2c1)C(=O)N1CCN(c2ccc(Cl)cn2)CC1. The van der Waals surface area contributed by atoms with Gasteiger partial charge in [-0.3, -0.25) is 14.6 Å². The number of benzene rings is 1. The summed E-state index contributed by atoms with van der Waals surface area (Å²) in [5.41, 5.74) is 1.19. The van der Waals surface area contributed by atoms with Crippen molar-refractivity contribution in [3.63, 3.8) is 0 Å². The molecule has 0 atom stereocenters. The summed E-state index contributed by atoms with van der Waals surface area (Å²) in [5.74, 6) is -1.15. The number of piperazine rings is 1. The summed E-state index contributed by atoms with van der Waals surface area (Å²) in [4.78, 5) is 46.2. The third-order valence-electron chi connectivity index (χ3n) is 4.48. The second-order valence-corrected chi connectivity index (χ2v) is 6.73. The minimum absolute atomic E-state index is 0.305. The van der Waals surface area contributed by atoms with Crippen LogP contribution in [0, 0.1) is 0 Å². The molecule has 144 valence electrons. The van der Waals surface area contributed by atoms with Gasteiger partial charge in [0.25, 0.3) is 0 Å². The van der Waals surface area contributed by atoms with Gasteiger partial charge in [0.1, 0.15) is 5.82 Å². The highest BCUT2D eigenvalue weighted by atomic mass is 35.5. The van der Waals surface area contributed by atoms with Crippen molar-refractivity contribution >= 4 is 46.0 Å². The van der Waals surface area contributed by atoms with E-state index in [4.69, 9.17) is 16.0 Å². The number of carbonyl (C=O) groups excluding carboxylic acids is 2. The zero-order valence-electron chi connectivity index (χ0n) is 14.6. The maximum atomic E-state index is 12.4. The van der Waals surface area contributed by atoms with Crippen molar-refractivity contribution in [2.45, 2.75) is 0 Å². The van der Waals surface area contributed by atoms with Crippen molar-refractivity contribution in [1.29, 1.82) is 0 Å². The van der Waals surface area contributed by atoms with Crippen LogP contribution in [0.15, 0.2) is 45.7 Å². The van der Waals surface area contributed by atoms with Crippen LogP contribution in [-0.2, 0) is 9.59 Å². The summed E-state index contributed by atoms with van der Waals surface area (Å²) >= 11 is 5.85. The lowest BCUT2D eigenvalue weighted by atomic mass is 10.2. The highest BCUT2D eigenvalue weighted by molar-refractivity contribution is 6.39.